The van der Waals surface area contributed by atoms with Crippen molar-refractivity contribution in [3.05, 3.63) is 46.7 Å². The third kappa shape index (κ3) is 2.02. The number of hydrogen-bond acceptors (Lipinski definition) is 5. The molecule has 2 heterocycles. The predicted molar refractivity (Wildman–Crippen MR) is 64.9 cm³/mol. The Hall–Kier alpha value is -2.08. The lowest BCUT2D eigenvalue weighted by Crippen LogP contribution is -2.33. The first-order valence-electron chi connectivity index (χ1n) is 5.54. The number of hydroxylamine groups is 2. The summed E-state index contributed by atoms with van der Waals surface area (Å²) in [6.07, 6.45) is 2.55. The molecule has 6 heteroatoms. The van der Waals surface area contributed by atoms with Crippen LogP contribution in [0.3, 0.4) is 0 Å². The zero-order valence-electron chi connectivity index (χ0n) is 10.2. The number of allylic oxidation sites excluding steroid dienone is 2. The second-order valence-electron chi connectivity index (χ2n) is 4.18. The second-order valence-corrected chi connectivity index (χ2v) is 4.18. The van der Waals surface area contributed by atoms with Gasteiger partial charge in [-0.3, -0.25) is 9.78 Å². The number of aromatic nitrogens is 1. The first-order chi connectivity index (χ1) is 8.52. The third-order valence-electron chi connectivity index (χ3n) is 3.09. The van der Waals surface area contributed by atoms with Crippen LogP contribution in [0.1, 0.15) is 25.6 Å². The number of rotatable bonds is 3. The van der Waals surface area contributed by atoms with Crippen molar-refractivity contribution < 1.29 is 9.90 Å². The van der Waals surface area contributed by atoms with Gasteiger partial charge in [-0.2, -0.15) is 0 Å². The molecule has 0 spiro atoms. The predicted octanol–water partition coefficient (Wildman–Crippen LogP) is 1.53. The summed E-state index contributed by atoms with van der Waals surface area (Å²) in [6.45, 7) is 3.23. The molecule has 1 aliphatic rings. The normalized spacial score (nSPS) is 19.6. The maximum absolute atomic E-state index is 12.1. The second kappa shape index (κ2) is 4.66. The molecule has 1 atom stereocenters. The Morgan fingerprint density at radius 1 is 1.50 bits per heavy atom. The van der Waals surface area contributed by atoms with Crippen LogP contribution in [0.2, 0.25) is 0 Å². The van der Waals surface area contributed by atoms with E-state index in [0.717, 1.165) is 5.06 Å². The molecular weight excluding hydrogens is 234 g/mol. The van der Waals surface area contributed by atoms with Crippen molar-refractivity contribution in [2.45, 2.75) is 20.0 Å². The number of aliphatic carboxylic acids is 1. The summed E-state index contributed by atoms with van der Waals surface area (Å²) in [5, 5.41) is 21.9. The van der Waals surface area contributed by atoms with E-state index in [0.29, 0.717) is 17.0 Å². The lowest BCUT2D eigenvalue weighted by atomic mass is 10.2. The van der Waals surface area contributed by atoms with E-state index in [2.05, 4.69) is 4.98 Å². The Morgan fingerprint density at radius 3 is 2.78 bits per heavy atom. The SMILES string of the molecule is CC1=C(C)N(CC(=O)O)C(c2cccnc2)N1[O-]. The van der Waals surface area contributed by atoms with Gasteiger partial charge in [-0.1, -0.05) is 6.07 Å². The van der Waals surface area contributed by atoms with E-state index >= 15 is 0 Å². The molecule has 0 aliphatic carbocycles. The van der Waals surface area contributed by atoms with Crippen LogP contribution in [0, 0.1) is 5.21 Å². The van der Waals surface area contributed by atoms with E-state index in [9.17, 15) is 10.0 Å². The van der Waals surface area contributed by atoms with Gasteiger partial charge in [-0.15, -0.1) is 0 Å². The zero-order chi connectivity index (χ0) is 13.3. The monoisotopic (exact) mass is 248 g/mol. The van der Waals surface area contributed by atoms with Crippen molar-refractivity contribution in [3.8, 4) is 0 Å². The Kier molecular flexibility index (Phi) is 3.20. The fourth-order valence-electron chi connectivity index (χ4n) is 2.06. The topological polar surface area (TPSA) is 79.7 Å². The maximum atomic E-state index is 12.1. The van der Waals surface area contributed by atoms with Gasteiger partial charge in [0.05, 0.1) is 0 Å². The highest BCUT2D eigenvalue weighted by Gasteiger charge is 2.31. The van der Waals surface area contributed by atoms with Crippen LogP contribution in [-0.2, 0) is 4.79 Å². The first kappa shape index (κ1) is 12.4. The molecule has 0 saturated heterocycles. The zero-order valence-corrected chi connectivity index (χ0v) is 10.2. The Morgan fingerprint density at radius 2 is 2.22 bits per heavy atom. The molecule has 1 N–H and O–H groups in total. The van der Waals surface area contributed by atoms with Crippen LogP contribution in [0.4, 0.5) is 0 Å². The van der Waals surface area contributed by atoms with Crippen LogP contribution in [0.15, 0.2) is 35.9 Å². The molecule has 0 amide bonds. The average Bonchev–Trinajstić information content (AvgIpc) is 2.55. The molecule has 6 nitrogen and oxygen atoms in total. The molecule has 1 aliphatic heterocycles. The molecule has 0 saturated carbocycles. The number of carboxylic acids is 1. The van der Waals surface area contributed by atoms with Crippen molar-refractivity contribution in [1.29, 1.82) is 0 Å². The van der Waals surface area contributed by atoms with E-state index in [4.69, 9.17) is 5.11 Å². The van der Waals surface area contributed by atoms with Crippen molar-refractivity contribution in [3.63, 3.8) is 0 Å². The summed E-state index contributed by atoms with van der Waals surface area (Å²) in [6, 6.07) is 3.49. The Labute approximate surface area is 105 Å². The first-order valence-corrected chi connectivity index (χ1v) is 5.54. The standard InChI is InChI=1S/C12H14N3O3/c1-8-9(2)15(18)12(14(8)7-11(16)17)10-4-3-5-13-6-10/h3-6,12H,7H2,1-2H3,(H,16,17)/q-1. The summed E-state index contributed by atoms with van der Waals surface area (Å²) in [4.78, 5) is 16.4. The molecule has 0 fully saturated rings. The van der Waals surface area contributed by atoms with Crippen LogP contribution in [0.5, 0.6) is 0 Å². The maximum Gasteiger partial charge on any atom is 0.323 e. The van der Waals surface area contributed by atoms with E-state index < -0.39 is 12.1 Å². The van der Waals surface area contributed by atoms with Crippen LogP contribution in [0.25, 0.3) is 0 Å². The highest BCUT2D eigenvalue weighted by Crippen LogP contribution is 2.37. The summed E-state index contributed by atoms with van der Waals surface area (Å²) in [5.41, 5.74) is 1.90. The van der Waals surface area contributed by atoms with Gasteiger partial charge < -0.3 is 20.3 Å². The minimum absolute atomic E-state index is 0.207. The van der Waals surface area contributed by atoms with Gasteiger partial charge >= 0.3 is 5.97 Å². The van der Waals surface area contributed by atoms with Gasteiger partial charge in [0.2, 0.25) is 0 Å². The minimum atomic E-state index is -0.966. The van der Waals surface area contributed by atoms with E-state index in [1.54, 1.807) is 43.3 Å². The van der Waals surface area contributed by atoms with Crippen molar-refractivity contribution in [2.24, 2.45) is 0 Å². The summed E-state index contributed by atoms with van der Waals surface area (Å²) in [7, 11) is 0. The molecule has 18 heavy (non-hydrogen) atoms. The smallest absolute Gasteiger partial charge is 0.323 e. The number of carbonyl (C=O) groups is 1. The van der Waals surface area contributed by atoms with Crippen molar-refractivity contribution in [2.75, 3.05) is 6.54 Å². The largest absolute Gasteiger partial charge is 0.757 e. The lowest BCUT2D eigenvalue weighted by Gasteiger charge is -2.38. The van der Waals surface area contributed by atoms with Crippen LogP contribution >= 0.6 is 0 Å². The van der Waals surface area contributed by atoms with E-state index in [1.807, 2.05) is 0 Å². The van der Waals surface area contributed by atoms with E-state index in [1.165, 1.54) is 0 Å². The molecule has 1 unspecified atom stereocenters. The molecule has 0 aromatic carbocycles. The molecule has 96 valence electrons. The average molecular weight is 248 g/mol. The number of carboxylic acid groups (broad SMARTS) is 1. The highest BCUT2D eigenvalue weighted by molar-refractivity contribution is 5.69. The molecule has 1 aromatic rings. The number of hydrogen-bond donors (Lipinski definition) is 1. The molecular formula is C12H14N3O3-. The molecule has 0 bridgehead atoms. The van der Waals surface area contributed by atoms with Gasteiger partial charge in [-0.25, -0.2) is 0 Å². The molecule has 1 aromatic heterocycles. The fourth-order valence-corrected chi connectivity index (χ4v) is 2.06. The Bertz CT molecular complexity index is 487. The van der Waals surface area contributed by atoms with Gasteiger partial charge in [0.25, 0.3) is 0 Å². The molecule has 0 radical (unpaired) electrons. The van der Waals surface area contributed by atoms with Gasteiger partial charge in [0.1, 0.15) is 12.7 Å². The summed E-state index contributed by atoms with van der Waals surface area (Å²) >= 11 is 0. The summed E-state index contributed by atoms with van der Waals surface area (Å²) in [5.74, 6) is -0.966. The minimum Gasteiger partial charge on any atom is -0.757 e. The summed E-state index contributed by atoms with van der Waals surface area (Å²) < 4.78 is 0. The van der Waals surface area contributed by atoms with E-state index in [-0.39, 0.29) is 6.54 Å². The fraction of sp³-hybridized carbons (Fsp3) is 0.333. The van der Waals surface area contributed by atoms with Gasteiger partial charge in [-0.05, 0) is 19.9 Å². The van der Waals surface area contributed by atoms with Crippen molar-refractivity contribution in [1.82, 2.24) is 14.9 Å². The number of pyridine rings is 1. The number of nitrogens with zero attached hydrogens (tertiary/aromatic N) is 3. The third-order valence-corrected chi connectivity index (χ3v) is 3.09. The molecule has 2 rings (SSSR count). The van der Waals surface area contributed by atoms with Crippen molar-refractivity contribution >= 4 is 5.97 Å². The lowest BCUT2D eigenvalue weighted by molar-refractivity contribution is -0.138. The highest BCUT2D eigenvalue weighted by atomic mass is 16.5. The van der Waals surface area contributed by atoms with Crippen LogP contribution < -0.4 is 0 Å². The van der Waals surface area contributed by atoms with Gasteiger partial charge in [0.15, 0.2) is 0 Å². The van der Waals surface area contributed by atoms with Crippen LogP contribution in [-0.4, -0.2) is 32.6 Å². The Balaban J connectivity index is 2.37. The van der Waals surface area contributed by atoms with Gasteiger partial charge in [0, 0.05) is 29.4 Å². The quantitative estimate of drug-likeness (QED) is 0.873.